The fourth-order valence-corrected chi connectivity index (χ4v) is 4.64. The Bertz CT molecular complexity index is 438. The molecule has 1 saturated heterocycles. The zero-order valence-electron chi connectivity index (χ0n) is 15.1. The molecule has 132 valence electrons. The average Bonchev–Trinajstić information content (AvgIpc) is 2.51. The van der Waals surface area contributed by atoms with Crippen LogP contribution >= 0.6 is 0 Å². The van der Waals surface area contributed by atoms with E-state index in [4.69, 9.17) is 9.47 Å². The van der Waals surface area contributed by atoms with E-state index in [-0.39, 0.29) is 0 Å². The van der Waals surface area contributed by atoms with E-state index in [1.165, 1.54) is 18.4 Å². The van der Waals surface area contributed by atoms with E-state index in [9.17, 15) is 5.11 Å². The van der Waals surface area contributed by atoms with Crippen molar-refractivity contribution in [1.29, 1.82) is 0 Å². The van der Waals surface area contributed by atoms with Gasteiger partial charge in [-0.15, -0.1) is 0 Å². The summed E-state index contributed by atoms with van der Waals surface area (Å²) < 4.78 is 11.4. The summed E-state index contributed by atoms with van der Waals surface area (Å²) in [5.41, 5.74) is 1.91. The predicted molar refractivity (Wildman–Crippen MR) is 91.4 cm³/mol. The van der Waals surface area contributed by atoms with Gasteiger partial charge in [0.1, 0.15) is 0 Å². The van der Waals surface area contributed by atoms with Gasteiger partial charge < -0.3 is 14.6 Å². The third kappa shape index (κ3) is 3.51. The summed E-state index contributed by atoms with van der Waals surface area (Å²) in [4.78, 5) is 2.33. The van der Waals surface area contributed by atoms with Crippen LogP contribution in [0.2, 0.25) is 0 Å². The molecule has 1 aliphatic heterocycles. The number of hydrogen-bond donors (Lipinski definition) is 1. The molecule has 4 rings (SSSR count). The topological polar surface area (TPSA) is 41.9 Å². The number of nitrogens with zero attached hydrogens (tertiary/aromatic N) is 1. The van der Waals surface area contributed by atoms with Crippen molar-refractivity contribution in [1.82, 2.24) is 4.90 Å². The number of hydrogen-bond acceptors (Lipinski definition) is 4. The molecule has 4 aliphatic rings. The Morgan fingerprint density at radius 3 is 2.65 bits per heavy atom. The maximum Gasteiger partial charge on any atom is 0.0900 e. The van der Waals surface area contributed by atoms with Crippen molar-refractivity contribution in [3.05, 3.63) is 11.6 Å². The fraction of sp³-hybridized carbons (Fsp3) is 0.895. The number of β-amino-alcohol motifs (C(OH)–C–C–N with tert-alkyl or cyclic N) is 1. The van der Waals surface area contributed by atoms with Crippen LogP contribution in [0, 0.1) is 17.3 Å². The SMILES string of the molecule is C[C@@H]1COC[C@@H](C)N1C[C@H](O)COCC1=CC[C@H]2C[C@H]1C2(C)C. The molecule has 0 spiro atoms. The molecule has 2 bridgehead atoms. The van der Waals surface area contributed by atoms with Gasteiger partial charge in [0, 0.05) is 18.6 Å². The van der Waals surface area contributed by atoms with E-state index in [1.54, 1.807) is 0 Å². The Morgan fingerprint density at radius 2 is 2.04 bits per heavy atom. The molecule has 5 atom stereocenters. The van der Waals surface area contributed by atoms with Gasteiger partial charge >= 0.3 is 0 Å². The van der Waals surface area contributed by atoms with Crippen molar-refractivity contribution in [2.75, 3.05) is 33.0 Å². The molecule has 1 N–H and O–H groups in total. The van der Waals surface area contributed by atoms with Gasteiger partial charge in [-0.1, -0.05) is 19.9 Å². The second-order valence-corrected chi connectivity index (χ2v) is 8.42. The molecule has 0 radical (unpaired) electrons. The second kappa shape index (κ2) is 6.83. The van der Waals surface area contributed by atoms with E-state index < -0.39 is 6.10 Å². The third-order valence-corrected chi connectivity index (χ3v) is 6.43. The lowest BCUT2D eigenvalue weighted by molar-refractivity contribution is -0.0662. The van der Waals surface area contributed by atoms with Crippen LogP contribution in [0.25, 0.3) is 0 Å². The molecule has 0 aromatic rings. The quantitative estimate of drug-likeness (QED) is 0.763. The third-order valence-electron chi connectivity index (χ3n) is 6.43. The maximum atomic E-state index is 10.3. The minimum Gasteiger partial charge on any atom is -0.389 e. The minimum absolute atomic E-state index is 0.363. The van der Waals surface area contributed by atoms with Gasteiger partial charge in [0.05, 0.1) is 32.5 Å². The lowest BCUT2D eigenvalue weighted by Crippen LogP contribution is -2.52. The van der Waals surface area contributed by atoms with Gasteiger partial charge in [-0.2, -0.15) is 0 Å². The van der Waals surface area contributed by atoms with Gasteiger partial charge in [0.2, 0.25) is 0 Å². The first-order valence-electron chi connectivity index (χ1n) is 9.17. The Kier molecular flexibility index (Phi) is 5.17. The lowest BCUT2D eigenvalue weighted by atomic mass is 9.49. The van der Waals surface area contributed by atoms with Crippen molar-refractivity contribution in [3.63, 3.8) is 0 Å². The van der Waals surface area contributed by atoms with E-state index >= 15 is 0 Å². The molecule has 0 unspecified atom stereocenters. The van der Waals surface area contributed by atoms with Gasteiger partial charge in [-0.05, 0) is 49.5 Å². The highest BCUT2D eigenvalue weighted by molar-refractivity contribution is 5.23. The zero-order valence-corrected chi connectivity index (χ0v) is 15.1. The van der Waals surface area contributed by atoms with Crippen LogP contribution in [0.15, 0.2) is 11.6 Å². The van der Waals surface area contributed by atoms with Crippen LogP contribution in [0.1, 0.15) is 40.5 Å². The molecule has 2 fully saturated rings. The summed E-state index contributed by atoms with van der Waals surface area (Å²) in [6, 6.07) is 0.726. The minimum atomic E-state index is -0.427. The fourth-order valence-electron chi connectivity index (χ4n) is 4.64. The van der Waals surface area contributed by atoms with Gasteiger partial charge in [0.25, 0.3) is 0 Å². The average molecular weight is 323 g/mol. The monoisotopic (exact) mass is 323 g/mol. The van der Waals surface area contributed by atoms with Crippen LogP contribution < -0.4 is 0 Å². The van der Waals surface area contributed by atoms with Gasteiger partial charge in [-0.25, -0.2) is 0 Å². The largest absolute Gasteiger partial charge is 0.389 e. The van der Waals surface area contributed by atoms with Crippen molar-refractivity contribution >= 4 is 0 Å². The molecule has 0 amide bonds. The molecule has 23 heavy (non-hydrogen) atoms. The second-order valence-electron chi connectivity index (χ2n) is 8.42. The Labute approximate surface area is 140 Å². The smallest absolute Gasteiger partial charge is 0.0900 e. The van der Waals surface area contributed by atoms with E-state index in [1.807, 2.05) is 0 Å². The Hall–Kier alpha value is -0.420. The van der Waals surface area contributed by atoms with Gasteiger partial charge in [0.15, 0.2) is 0 Å². The predicted octanol–water partition coefficient (Wildman–Crippen LogP) is 2.47. The molecular weight excluding hydrogens is 290 g/mol. The van der Waals surface area contributed by atoms with Crippen molar-refractivity contribution in [2.45, 2.75) is 58.7 Å². The van der Waals surface area contributed by atoms with Crippen molar-refractivity contribution in [3.8, 4) is 0 Å². The van der Waals surface area contributed by atoms with E-state index in [2.05, 4.69) is 38.7 Å². The molecule has 0 aromatic heterocycles. The lowest BCUT2D eigenvalue weighted by Gasteiger charge is -2.56. The molecule has 4 nitrogen and oxygen atoms in total. The molecule has 4 heteroatoms. The van der Waals surface area contributed by atoms with Crippen LogP contribution in [0.3, 0.4) is 0 Å². The Balaban J connectivity index is 1.41. The normalized spacial score (nSPS) is 37.9. The summed E-state index contributed by atoms with van der Waals surface area (Å²) in [6.07, 6.45) is 4.48. The van der Waals surface area contributed by atoms with Crippen LogP contribution in [0.4, 0.5) is 0 Å². The summed E-state index contributed by atoms with van der Waals surface area (Å²) in [7, 11) is 0. The summed E-state index contributed by atoms with van der Waals surface area (Å²) in [6.45, 7) is 12.4. The Morgan fingerprint density at radius 1 is 1.35 bits per heavy atom. The maximum absolute atomic E-state index is 10.3. The number of aliphatic hydroxyl groups excluding tert-OH is 1. The molecular formula is C19H33NO3. The van der Waals surface area contributed by atoms with Gasteiger partial charge in [-0.3, -0.25) is 4.90 Å². The number of rotatable bonds is 6. The van der Waals surface area contributed by atoms with Crippen LogP contribution in [-0.2, 0) is 9.47 Å². The van der Waals surface area contributed by atoms with Crippen LogP contribution in [0.5, 0.6) is 0 Å². The molecule has 1 saturated carbocycles. The molecule has 1 heterocycles. The number of ether oxygens (including phenoxy) is 2. The van der Waals surface area contributed by atoms with Crippen molar-refractivity contribution in [2.24, 2.45) is 17.3 Å². The first kappa shape index (κ1) is 17.4. The summed E-state index contributed by atoms with van der Waals surface area (Å²) >= 11 is 0. The van der Waals surface area contributed by atoms with Crippen LogP contribution in [-0.4, -0.2) is 61.2 Å². The number of aliphatic hydroxyl groups is 1. The standard InChI is InChI=1S/C19H33NO3/c1-13-9-22-10-14(2)20(13)8-17(21)12-23-11-15-5-6-16-7-18(15)19(16,3)4/h5,13-14,16-18,21H,6-12H2,1-4H3/t13-,14-,16+,17+,18-/m1/s1. The molecule has 3 aliphatic carbocycles. The van der Waals surface area contributed by atoms with E-state index in [0.717, 1.165) is 19.1 Å². The number of allylic oxidation sites excluding steroid dienone is 1. The van der Waals surface area contributed by atoms with Crippen molar-refractivity contribution < 1.29 is 14.6 Å². The highest BCUT2D eigenvalue weighted by Crippen LogP contribution is 2.59. The first-order valence-corrected chi connectivity index (χ1v) is 9.17. The summed E-state index contributed by atoms with van der Waals surface area (Å²) in [5.74, 6) is 1.56. The molecule has 0 aromatic carbocycles. The highest BCUT2D eigenvalue weighted by Gasteiger charge is 2.50. The highest BCUT2D eigenvalue weighted by atomic mass is 16.5. The number of morpholine rings is 1. The number of fused-ring (bicyclic) bond motifs is 1. The first-order chi connectivity index (χ1) is 10.9. The zero-order chi connectivity index (χ0) is 16.6. The summed E-state index contributed by atoms with van der Waals surface area (Å²) in [5, 5.41) is 10.3. The van der Waals surface area contributed by atoms with E-state index in [0.29, 0.717) is 43.2 Å².